The highest BCUT2D eigenvalue weighted by molar-refractivity contribution is 7.80. The largest absolute Gasteiger partial charge is 0.362 e. The summed E-state index contributed by atoms with van der Waals surface area (Å²) in [6.07, 6.45) is 0. The van der Waals surface area contributed by atoms with Gasteiger partial charge in [-0.05, 0) is 67.0 Å². The summed E-state index contributed by atoms with van der Waals surface area (Å²) in [6.45, 7) is 9.90. The van der Waals surface area contributed by atoms with E-state index >= 15 is 0 Å². The van der Waals surface area contributed by atoms with Crippen LogP contribution < -0.4 is 21.3 Å². The Morgan fingerprint density at radius 2 is 1.11 bits per heavy atom. The molecular formula is C21H28N4S2. The van der Waals surface area contributed by atoms with Gasteiger partial charge >= 0.3 is 0 Å². The molecule has 2 rings (SSSR count). The van der Waals surface area contributed by atoms with Gasteiger partial charge < -0.3 is 21.3 Å². The van der Waals surface area contributed by atoms with Crippen LogP contribution in [-0.4, -0.2) is 23.3 Å². The lowest BCUT2D eigenvalue weighted by Crippen LogP contribution is -2.44. The molecule has 0 fully saturated rings. The van der Waals surface area contributed by atoms with Gasteiger partial charge in [0.25, 0.3) is 0 Å². The molecule has 27 heavy (non-hydrogen) atoms. The van der Waals surface area contributed by atoms with E-state index in [0.717, 1.165) is 35.6 Å². The van der Waals surface area contributed by atoms with Crippen molar-refractivity contribution in [3.63, 3.8) is 0 Å². The van der Waals surface area contributed by atoms with Gasteiger partial charge in [0.2, 0.25) is 0 Å². The fraction of sp³-hybridized carbons (Fsp3) is 0.333. The molecule has 0 aliphatic rings. The lowest BCUT2D eigenvalue weighted by molar-refractivity contribution is 0.362. The van der Waals surface area contributed by atoms with Crippen LogP contribution in [0.5, 0.6) is 0 Å². The van der Waals surface area contributed by atoms with Crippen molar-refractivity contribution in [1.82, 2.24) is 10.6 Å². The Morgan fingerprint density at radius 3 is 1.48 bits per heavy atom. The first-order valence-corrected chi connectivity index (χ1v) is 9.79. The second-order valence-corrected chi connectivity index (χ2v) is 8.23. The van der Waals surface area contributed by atoms with Crippen LogP contribution in [0.25, 0.3) is 0 Å². The van der Waals surface area contributed by atoms with Gasteiger partial charge in [-0.15, -0.1) is 0 Å². The Labute approximate surface area is 173 Å². The molecule has 6 heteroatoms. The van der Waals surface area contributed by atoms with Crippen LogP contribution in [0.1, 0.15) is 25.0 Å². The number of aryl methyl sites for hydroxylation is 2. The molecule has 144 valence electrons. The monoisotopic (exact) mass is 400 g/mol. The molecule has 0 aliphatic heterocycles. The highest BCUT2D eigenvalue weighted by Gasteiger charge is 2.18. The first-order chi connectivity index (χ1) is 12.8. The summed E-state index contributed by atoms with van der Waals surface area (Å²) < 4.78 is 0. The average molecular weight is 401 g/mol. The standard InChI is InChI=1S/C21H28N4S2/c1-15-9-5-7-11-17(15)24-19(26)22-13-21(3,4)14-23-20(27)25-18-12-8-6-10-16(18)2/h5-12H,13-14H2,1-4H3,(H2,22,24,26)(H2,23,25,27). The molecule has 0 aromatic heterocycles. The van der Waals surface area contributed by atoms with Crippen molar-refractivity contribution in [3.8, 4) is 0 Å². The topological polar surface area (TPSA) is 48.1 Å². The second-order valence-electron chi connectivity index (χ2n) is 7.41. The molecule has 0 radical (unpaired) electrons. The third kappa shape index (κ3) is 7.15. The first-order valence-electron chi connectivity index (χ1n) is 8.98. The van der Waals surface area contributed by atoms with Gasteiger partial charge in [0, 0.05) is 24.5 Å². The van der Waals surface area contributed by atoms with Crippen molar-refractivity contribution in [2.75, 3.05) is 23.7 Å². The zero-order chi connectivity index (χ0) is 19.9. The molecule has 0 heterocycles. The van der Waals surface area contributed by atoms with E-state index in [1.807, 2.05) is 36.4 Å². The Kier molecular flexibility index (Phi) is 7.56. The fourth-order valence-electron chi connectivity index (χ4n) is 2.46. The second kappa shape index (κ2) is 9.67. The predicted octanol–water partition coefficient (Wildman–Crippen LogP) is 4.60. The van der Waals surface area contributed by atoms with E-state index in [9.17, 15) is 0 Å². The normalized spacial score (nSPS) is 10.8. The van der Waals surface area contributed by atoms with Crippen LogP contribution in [0.3, 0.4) is 0 Å². The number of nitrogens with one attached hydrogen (secondary N) is 4. The minimum absolute atomic E-state index is 0.0328. The molecule has 4 N–H and O–H groups in total. The van der Waals surface area contributed by atoms with Gasteiger partial charge in [-0.3, -0.25) is 0 Å². The van der Waals surface area contributed by atoms with Gasteiger partial charge in [-0.25, -0.2) is 0 Å². The Morgan fingerprint density at radius 1 is 0.741 bits per heavy atom. The zero-order valence-electron chi connectivity index (χ0n) is 16.3. The summed E-state index contributed by atoms with van der Waals surface area (Å²) in [4.78, 5) is 0. The Bertz CT molecular complexity index is 737. The van der Waals surface area contributed by atoms with Crippen molar-refractivity contribution in [3.05, 3.63) is 59.7 Å². The summed E-state index contributed by atoms with van der Waals surface area (Å²) in [6, 6.07) is 16.2. The number of thiocarbonyl (C=S) groups is 2. The van der Waals surface area contributed by atoms with Crippen LogP contribution >= 0.6 is 24.4 Å². The fourth-order valence-corrected chi connectivity index (χ4v) is 2.83. The molecule has 0 amide bonds. The minimum atomic E-state index is -0.0328. The van der Waals surface area contributed by atoms with Crippen molar-refractivity contribution in [1.29, 1.82) is 0 Å². The lowest BCUT2D eigenvalue weighted by atomic mass is 9.93. The number of benzene rings is 2. The summed E-state index contributed by atoms with van der Waals surface area (Å²) in [7, 11) is 0. The third-order valence-corrected chi connectivity index (χ3v) is 4.73. The van der Waals surface area contributed by atoms with E-state index < -0.39 is 0 Å². The van der Waals surface area contributed by atoms with E-state index in [4.69, 9.17) is 24.4 Å². The Balaban J connectivity index is 1.77. The van der Waals surface area contributed by atoms with Crippen molar-refractivity contribution in [2.24, 2.45) is 5.41 Å². The van der Waals surface area contributed by atoms with Gasteiger partial charge in [0.15, 0.2) is 10.2 Å². The van der Waals surface area contributed by atoms with Crippen LogP contribution in [-0.2, 0) is 0 Å². The highest BCUT2D eigenvalue weighted by Crippen LogP contribution is 2.16. The molecular weight excluding hydrogens is 372 g/mol. The predicted molar refractivity (Wildman–Crippen MR) is 125 cm³/mol. The summed E-state index contributed by atoms with van der Waals surface area (Å²) in [5.41, 5.74) is 4.34. The molecule has 2 aromatic carbocycles. The summed E-state index contributed by atoms with van der Waals surface area (Å²) in [5.74, 6) is 0. The van der Waals surface area contributed by atoms with Crippen LogP contribution in [0, 0.1) is 19.3 Å². The van der Waals surface area contributed by atoms with Crippen LogP contribution in [0.4, 0.5) is 11.4 Å². The minimum Gasteiger partial charge on any atom is -0.362 e. The first kappa shape index (κ1) is 21.1. The van der Waals surface area contributed by atoms with Gasteiger partial charge in [0.1, 0.15) is 0 Å². The van der Waals surface area contributed by atoms with Crippen LogP contribution in [0.2, 0.25) is 0 Å². The molecule has 0 saturated heterocycles. The summed E-state index contributed by atoms with van der Waals surface area (Å²) in [5, 5.41) is 14.3. The number of para-hydroxylation sites is 2. The average Bonchev–Trinajstić information content (AvgIpc) is 2.62. The van der Waals surface area contributed by atoms with E-state index in [1.165, 1.54) is 0 Å². The number of anilines is 2. The maximum absolute atomic E-state index is 5.42. The van der Waals surface area contributed by atoms with Gasteiger partial charge in [-0.1, -0.05) is 50.2 Å². The highest BCUT2D eigenvalue weighted by atomic mass is 32.1. The zero-order valence-corrected chi connectivity index (χ0v) is 18.0. The van der Waals surface area contributed by atoms with Crippen molar-refractivity contribution in [2.45, 2.75) is 27.7 Å². The van der Waals surface area contributed by atoms with E-state index in [0.29, 0.717) is 10.2 Å². The van der Waals surface area contributed by atoms with Crippen molar-refractivity contribution >= 4 is 46.0 Å². The number of rotatable bonds is 6. The molecule has 2 aromatic rings. The molecule has 0 atom stereocenters. The van der Waals surface area contributed by atoms with E-state index in [1.54, 1.807) is 0 Å². The Hall–Kier alpha value is -2.18. The van der Waals surface area contributed by atoms with Gasteiger partial charge in [0.05, 0.1) is 0 Å². The maximum Gasteiger partial charge on any atom is 0.170 e. The number of hydrogen-bond donors (Lipinski definition) is 4. The van der Waals surface area contributed by atoms with E-state index in [-0.39, 0.29) is 5.41 Å². The molecule has 0 aliphatic carbocycles. The third-order valence-electron chi connectivity index (χ3n) is 4.24. The molecule has 0 saturated carbocycles. The molecule has 0 unspecified atom stereocenters. The maximum atomic E-state index is 5.42. The smallest absolute Gasteiger partial charge is 0.170 e. The SMILES string of the molecule is Cc1ccccc1NC(=S)NCC(C)(C)CNC(=S)Nc1ccccc1C. The molecule has 4 nitrogen and oxygen atoms in total. The molecule has 0 bridgehead atoms. The lowest BCUT2D eigenvalue weighted by Gasteiger charge is -2.27. The van der Waals surface area contributed by atoms with Gasteiger partial charge in [-0.2, -0.15) is 0 Å². The summed E-state index contributed by atoms with van der Waals surface area (Å²) >= 11 is 10.8. The number of hydrogen-bond acceptors (Lipinski definition) is 2. The van der Waals surface area contributed by atoms with Crippen molar-refractivity contribution < 1.29 is 0 Å². The van der Waals surface area contributed by atoms with Crippen LogP contribution in [0.15, 0.2) is 48.5 Å². The molecule has 0 spiro atoms. The van der Waals surface area contributed by atoms with E-state index in [2.05, 4.69) is 61.1 Å². The quantitative estimate of drug-likeness (QED) is 0.532.